The van der Waals surface area contributed by atoms with Gasteiger partial charge in [-0.3, -0.25) is 10.1 Å². The Morgan fingerprint density at radius 2 is 1.92 bits per heavy atom. The Bertz CT molecular complexity index is 958. The molecule has 0 spiro atoms. The van der Waals surface area contributed by atoms with E-state index in [0.717, 1.165) is 11.8 Å². The SMILES string of the molecule is Fc1cc(F)cc(-c2ccc(-c3nc(SCC4=NC=NC4)n[nH]3)o2)c1. The number of aromatic nitrogens is 3. The van der Waals surface area contributed by atoms with Gasteiger partial charge in [-0.15, -0.1) is 5.10 Å². The van der Waals surface area contributed by atoms with Crippen LogP contribution in [0.25, 0.3) is 22.9 Å². The second-order valence-electron chi connectivity index (χ2n) is 5.23. The maximum Gasteiger partial charge on any atom is 0.209 e. The minimum absolute atomic E-state index is 0.317. The molecule has 0 radical (unpaired) electrons. The van der Waals surface area contributed by atoms with Crippen molar-refractivity contribution in [3.05, 3.63) is 42.0 Å². The van der Waals surface area contributed by atoms with Crippen molar-refractivity contribution in [1.82, 2.24) is 15.2 Å². The first kappa shape index (κ1) is 15.7. The largest absolute Gasteiger partial charge is 0.453 e. The quantitative estimate of drug-likeness (QED) is 0.706. The molecule has 9 heteroatoms. The number of halogens is 2. The van der Waals surface area contributed by atoms with E-state index >= 15 is 0 Å². The van der Waals surface area contributed by atoms with E-state index in [1.165, 1.54) is 23.9 Å². The van der Waals surface area contributed by atoms with Gasteiger partial charge in [-0.1, -0.05) is 11.8 Å². The molecule has 1 aliphatic heterocycles. The third kappa shape index (κ3) is 3.50. The van der Waals surface area contributed by atoms with Crippen LogP contribution in [0.2, 0.25) is 0 Å². The summed E-state index contributed by atoms with van der Waals surface area (Å²) in [5.41, 5.74) is 1.28. The number of aromatic amines is 1. The van der Waals surface area contributed by atoms with E-state index in [1.807, 2.05) is 0 Å². The molecule has 0 bridgehead atoms. The highest BCUT2D eigenvalue weighted by Gasteiger charge is 2.13. The number of benzene rings is 1. The van der Waals surface area contributed by atoms with E-state index in [1.54, 1.807) is 18.5 Å². The number of thioether (sulfide) groups is 1. The average molecular weight is 359 g/mol. The van der Waals surface area contributed by atoms with Gasteiger partial charge in [-0.2, -0.15) is 4.98 Å². The lowest BCUT2D eigenvalue weighted by Gasteiger charge is -1.98. The van der Waals surface area contributed by atoms with Gasteiger partial charge in [0, 0.05) is 17.4 Å². The molecule has 1 aromatic carbocycles. The molecule has 0 amide bonds. The van der Waals surface area contributed by atoms with Gasteiger partial charge >= 0.3 is 0 Å². The smallest absolute Gasteiger partial charge is 0.209 e. The van der Waals surface area contributed by atoms with Crippen LogP contribution >= 0.6 is 11.8 Å². The molecule has 3 heterocycles. The highest BCUT2D eigenvalue weighted by Crippen LogP contribution is 2.28. The first-order valence-electron chi connectivity index (χ1n) is 7.33. The standard InChI is InChI=1S/C16H11F2N5OS/c17-10-3-9(4-11(18)5-10)13-1-2-14(24-13)15-21-16(23-22-15)25-7-12-6-19-8-20-12/h1-5,8H,6-7H2,(H,21,22,23). The Hall–Kier alpha value is -2.81. The van der Waals surface area contributed by atoms with Crippen molar-refractivity contribution in [2.24, 2.45) is 9.98 Å². The Kier molecular flexibility index (Phi) is 4.14. The Balaban J connectivity index is 1.50. The third-order valence-electron chi connectivity index (χ3n) is 3.41. The molecular weight excluding hydrogens is 348 g/mol. The van der Waals surface area contributed by atoms with Crippen LogP contribution in [0.4, 0.5) is 8.78 Å². The van der Waals surface area contributed by atoms with Crippen molar-refractivity contribution in [1.29, 1.82) is 0 Å². The molecule has 0 atom stereocenters. The highest BCUT2D eigenvalue weighted by molar-refractivity contribution is 7.99. The van der Waals surface area contributed by atoms with Gasteiger partial charge in [0.2, 0.25) is 5.16 Å². The van der Waals surface area contributed by atoms with E-state index in [4.69, 9.17) is 4.42 Å². The normalized spacial score (nSPS) is 13.4. The molecule has 0 saturated carbocycles. The molecule has 0 aliphatic carbocycles. The number of hydrogen-bond acceptors (Lipinski definition) is 6. The minimum Gasteiger partial charge on any atom is -0.453 e. The van der Waals surface area contributed by atoms with Crippen LogP contribution in [-0.2, 0) is 0 Å². The van der Waals surface area contributed by atoms with Gasteiger partial charge in [-0.25, -0.2) is 13.8 Å². The van der Waals surface area contributed by atoms with Crippen LogP contribution < -0.4 is 0 Å². The maximum absolute atomic E-state index is 13.3. The first-order valence-corrected chi connectivity index (χ1v) is 8.32. The van der Waals surface area contributed by atoms with E-state index in [-0.39, 0.29) is 0 Å². The first-order chi connectivity index (χ1) is 12.2. The second kappa shape index (κ2) is 6.60. The van der Waals surface area contributed by atoms with Gasteiger partial charge in [0.1, 0.15) is 23.7 Å². The van der Waals surface area contributed by atoms with Gasteiger partial charge < -0.3 is 4.42 Å². The predicted octanol–water partition coefficient (Wildman–Crippen LogP) is 3.58. The van der Waals surface area contributed by atoms with E-state index < -0.39 is 11.6 Å². The predicted molar refractivity (Wildman–Crippen MR) is 91.0 cm³/mol. The summed E-state index contributed by atoms with van der Waals surface area (Å²) in [6.07, 6.45) is 1.54. The molecular formula is C16H11F2N5OS. The number of rotatable bonds is 5. The second-order valence-corrected chi connectivity index (χ2v) is 6.17. The number of hydrogen-bond donors (Lipinski definition) is 1. The monoisotopic (exact) mass is 359 g/mol. The van der Waals surface area contributed by atoms with Crippen LogP contribution in [0.3, 0.4) is 0 Å². The molecule has 1 aliphatic rings. The van der Waals surface area contributed by atoms with E-state index in [0.29, 0.717) is 40.4 Å². The fourth-order valence-corrected chi connectivity index (χ4v) is 3.01. The molecule has 3 aromatic rings. The topological polar surface area (TPSA) is 79.4 Å². The summed E-state index contributed by atoms with van der Waals surface area (Å²) in [5.74, 6) is 0.547. The summed E-state index contributed by atoms with van der Waals surface area (Å²) in [6, 6.07) is 6.52. The summed E-state index contributed by atoms with van der Waals surface area (Å²) in [7, 11) is 0. The van der Waals surface area contributed by atoms with Crippen LogP contribution in [0.1, 0.15) is 0 Å². The van der Waals surface area contributed by atoms with Crippen molar-refractivity contribution >= 4 is 23.8 Å². The molecule has 6 nitrogen and oxygen atoms in total. The van der Waals surface area contributed by atoms with E-state index in [9.17, 15) is 8.78 Å². The van der Waals surface area contributed by atoms with Crippen LogP contribution in [-0.4, -0.2) is 39.5 Å². The summed E-state index contributed by atoms with van der Waals surface area (Å²) in [5, 5.41) is 7.46. The molecule has 0 unspecified atom stereocenters. The summed E-state index contributed by atoms with van der Waals surface area (Å²) in [6.45, 7) is 0.607. The van der Waals surface area contributed by atoms with Crippen molar-refractivity contribution in [3.63, 3.8) is 0 Å². The lowest BCUT2D eigenvalue weighted by molar-refractivity contribution is 0.573. The van der Waals surface area contributed by atoms with Crippen molar-refractivity contribution in [2.45, 2.75) is 5.16 Å². The van der Waals surface area contributed by atoms with Gasteiger partial charge in [-0.05, 0) is 24.3 Å². The zero-order valence-corrected chi connectivity index (χ0v) is 13.6. The number of aliphatic imine (C=N–C) groups is 2. The maximum atomic E-state index is 13.3. The lowest BCUT2D eigenvalue weighted by atomic mass is 10.1. The molecule has 126 valence electrons. The summed E-state index contributed by atoms with van der Waals surface area (Å²) in [4.78, 5) is 12.5. The Morgan fingerprint density at radius 3 is 2.68 bits per heavy atom. The number of nitrogens with zero attached hydrogens (tertiary/aromatic N) is 4. The fraction of sp³-hybridized carbons (Fsp3) is 0.125. The van der Waals surface area contributed by atoms with Crippen LogP contribution in [0, 0.1) is 11.6 Å². The summed E-state index contributed by atoms with van der Waals surface area (Å²) < 4.78 is 32.3. The average Bonchev–Trinajstić information content (AvgIpc) is 3.32. The van der Waals surface area contributed by atoms with E-state index in [2.05, 4.69) is 25.2 Å². The molecule has 0 saturated heterocycles. The molecule has 2 aromatic heterocycles. The number of nitrogens with one attached hydrogen (secondary N) is 1. The lowest BCUT2D eigenvalue weighted by Crippen LogP contribution is -2.02. The highest BCUT2D eigenvalue weighted by atomic mass is 32.2. The van der Waals surface area contributed by atoms with Crippen LogP contribution in [0.15, 0.2) is 49.9 Å². The molecule has 0 fully saturated rings. The zero-order chi connectivity index (χ0) is 17.2. The zero-order valence-electron chi connectivity index (χ0n) is 12.7. The van der Waals surface area contributed by atoms with Gasteiger partial charge in [0.05, 0.1) is 12.3 Å². The van der Waals surface area contributed by atoms with Crippen molar-refractivity contribution in [3.8, 4) is 22.9 Å². The minimum atomic E-state index is -0.662. The fourth-order valence-electron chi connectivity index (χ4n) is 2.28. The molecule has 25 heavy (non-hydrogen) atoms. The molecule has 1 N–H and O–H groups in total. The summed E-state index contributed by atoms with van der Waals surface area (Å²) >= 11 is 1.44. The van der Waals surface area contributed by atoms with Gasteiger partial charge in [0.15, 0.2) is 11.6 Å². The Labute approximate surface area is 145 Å². The van der Waals surface area contributed by atoms with Gasteiger partial charge in [0.25, 0.3) is 0 Å². The molecule has 4 rings (SSSR count). The van der Waals surface area contributed by atoms with Crippen LogP contribution in [0.5, 0.6) is 0 Å². The number of furan rings is 1. The van der Waals surface area contributed by atoms with Crippen molar-refractivity contribution < 1.29 is 13.2 Å². The number of H-pyrrole nitrogens is 1. The third-order valence-corrected chi connectivity index (χ3v) is 4.33. The van der Waals surface area contributed by atoms with Crippen molar-refractivity contribution in [2.75, 3.05) is 12.3 Å². The Morgan fingerprint density at radius 1 is 1.12 bits per heavy atom.